The van der Waals surface area contributed by atoms with Crippen molar-refractivity contribution in [3.8, 4) is 11.5 Å². The molecular formula is C13H14N2O5. The van der Waals surface area contributed by atoms with Crippen molar-refractivity contribution in [3.63, 3.8) is 0 Å². The molecule has 1 saturated heterocycles. The van der Waals surface area contributed by atoms with Gasteiger partial charge in [0.15, 0.2) is 11.5 Å². The van der Waals surface area contributed by atoms with Crippen LogP contribution in [0.15, 0.2) is 18.2 Å². The summed E-state index contributed by atoms with van der Waals surface area (Å²) in [6.45, 7) is 1.06. The number of nitrogens with one attached hydrogen (secondary N) is 1. The number of anilines is 1. The molecule has 2 heterocycles. The van der Waals surface area contributed by atoms with Gasteiger partial charge in [-0.05, 0) is 12.1 Å². The lowest BCUT2D eigenvalue weighted by Crippen LogP contribution is -2.40. The fourth-order valence-corrected chi connectivity index (χ4v) is 2.09. The molecule has 20 heavy (non-hydrogen) atoms. The van der Waals surface area contributed by atoms with Crippen molar-refractivity contribution in [2.24, 2.45) is 0 Å². The normalized spacial score (nSPS) is 20.6. The van der Waals surface area contributed by atoms with Crippen LogP contribution in [-0.2, 0) is 9.53 Å². The van der Waals surface area contributed by atoms with E-state index in [2.05, 4.69) is 5.32 Å². The van der Waals surface area contributed by atoms with Gasteiger partial charge in [0, 0.05) is 18.8 Å². The van der Waals surface area contributed by atoms with Crippen molar-refractivity contribution in [3.05, 3.63) is 18.2 Å². The second kappa shape index (κ2) is 4.92. The van der Waals surface area contributed by atoms with Crippen molar-refractivity contribution in [2.45, 2.75) is 6.04 Å². The number of carbonyl (C=O) groups is 2. The van der Waals surface area contributed by atoms with E-state index in [1.54, 1.807) is 18.2 Å². The fraction of sp³-hybridized carbons (Fsp3) is 0.385. The number of cyclic esters (lactones) is 1. The van der Waals surface area contributed by atoms with Crippen LogP contribution < -0.4 is 14.8 Å². The first kappa shape index (κ1) is 12.6. The molecule has 0 aromatic heterocycles. The standard InChI is InChI=1S/C13H14N2O5/c1-15-9(7-20-13(15)17)12(16)14-8-2-3-10-11(6-8)19-5-4-18-10/h2-3,6,9H,4-5,7H2,1H3,(H,14,16). The van der Waals surface area contributed by atoms with Crippen LogP contribution in [0.4, 0.5) is 10.5 Å². The van der Waals surface area contributed by atoms with E-state index in [0.717, 1.165) is 0 Å². The Kier molecular flexibility index (Phi) is 3.09. The van der Waals surface area contributed by atoms with Crippen LogP contribution in [0.5, 0.6) is 11.5 Å². The van der Waals surface area contributed by atoms with Gasteiger partial charge in [-0.1, -0.05) is 0 Å². The van der Waals surface area contributed by atoms with Crippen molar-refractivity contribution in [1.29, 1.82) is 0 Å². The summed E-state index contributed by atoms with van der Waals surface area (Å²) in [4.78, 5) is 24.6. The SMILES string of the molecule is CN1C(=O)OCC1C(=O)Nc1ccc2c(c1)OCCO2. The summed E-state index contributed by atoms with van der Waals surface area (Å²) in [6.07, 6.45) is -0.493. The van der Waals surface area contributed by atoms with E-state index in [1.807, 2.05) is 0 Å². The molecule has 106 valence electrons. The lowest BCUT2D eigenvalue weighted by Gasteiger charge is -2.20. The molecular weight excluding hydrogens is 264 g/mol. The molecule has 0 saturated carbocycles. The van der Waals surface area contributed by atoms with Gasteiger partial charge in [-0.3, -0.25) is 9.69 Å². The minimum Gasteiger partial charge on any atom is -0.486 e. The third-order valence-corrected chi connectivity index (χ3v) is 3.23. The van der Waals surface area contributed by atoms with E-state index in [4.69, 9.17) is 14.2 Å². The lowest BCUT2D eigenvalue weighted by molar-refractivity contribution is -0.119. The summed E-state index contributed by atoms with van der Waals surface area (Å²) >= 11 is 0. The number of benzene rings is 1. The predicted molar refractivity (Wildman–Crippen MR) is 69.0 cm³/mol. The van der Waals surface area contributed by atoms with Gasteiger partial charge in [-0.25, -0.2) is 4.79 Å². The smallest absolute Gasteiger partial charge is 0.410 e. The van der Waals surface area contributed by atoms with Gasteiger partial charge in [-0.15, -0.1) is 0 Å². The van der Waals surface area contributed by atoms with E-state index in [9.17, 15) is 9.59 Å². The number of likely N-dealkylation sites (N-methyl/N-ethyl adjacent to an activating group) is 1. The zero-order valence-electron chi connectivity index (χ0n) is 10.9. The highest BCUT2D eigenvalue weighted by Gasteiger charge is 2.35. The van der Waals surface area contributed by atoms with E-state index < -0.39 is 12.1 Å². The van der Waals surface area contributed by atoms with E-state index >= 15 is 0 Å². The molecule has 2 amide bonds. The van der Waals surface area contributed by atoms with Crippen molar-refractivity contribution < 1.29 is 23.8 Å². The molecule has 1 unspecified atom stereocenters. The lowest BCUT2D eigenvalue weighted by atomic mass is 10.2. The van der Waals surface area contributed by atoms with Crippen LogP contribution in [0.25, 0.3) is 0 Å². The third kappa shape index (κ3) is 2.22. The summed E-state index contributed by atoms with van der Waals surface area (Å²) in [6, 6.07) is 4.55. The van der Waals surface area contributed by atoms with Gasteiger partial charge in [0.25, 0.3) is 5.91 Å². The largest absolute Gasteiger partial charge is 0.486 e. The van der Waals surface area contributed by atoms with Gasteiger partial charge in [-0.2, -0.15) is 0 Å². The van der Waals surface area contributed by atoms with Crippen LogP contribution in [0, 0.1) is 0 Å². The monoisotopic (exact) mass is 278 g/mol. The molecule has 0 bridgehead atoms. The summed E-state index contributed by atoms with van der Waals surface area (Å²) in [7, 11) is 1.53. The second-order valence-corrected chi connectivity index (χ2v) is 4.55. The zero-order chi connectivity index (χ0) is 14.1. The van der Waals surface area contributed by atoms with Crippen LogP contribution in [0.2, 0.25) is 0 Å². The summed E-state index contributed by atoms with van der Waals surface area (Å²) in [5.74, 6) is 0.960. The number of carbonyl (C=O) groups excluding carboxylic acids is 2. The Hall–Kier alpha value is -2.44. The molecule has 3 rings (SSSR count). The molecule has 1 fully saturated rings. The number of ether oxygens (including phenoxy) is 3. The molecule has 7 nitrogen and oxygen atoms in total. The Bertz CT molecular complexity index is 560. The molecule has 0 spiro atoms. The number of rotatable bonds is 2. The number of nitrogens with zero attached hydrogens (tertiary/aromatic N) is 1. The maximum absolute atomic E-state index is 12.1. The zero-order valence-corrected chi connectivity index (χ0v) is 10.9. The average molecular weight is 278 g/mol. The van der Waals surface area contributed by atoms with Crippen LogP contribution in [-0.4, -0.2) is 49.8 Å². The summed E-state index contributed by atoms with van der Waals surface area (Å²) in [5, 5.41) is 2.74. The topological polar surface area (TPSA) is 77.1 Å². The molecule has 2 aliphatic rings. The maximum Gasteiger partial charge on any atom is 0.410 e. The van der Waals surface area contributed by atoms with Crippen molar-refractivity contribution in [2.75, 3.05) is 32.2 Å². The van der Waals surface area contributed by atoms with Crippen molar-refractivity contribution >= 4 is 17.7 Å². The van der Waals surface area contributed by atoms with Crippen LogP contribution >= 0.6 is 0 Å². The highest BCUT2D eigenvalue weighted by atomic mass is 16.6. The first-order valence-electron chi connectivity index (χ1n) is 6.25. The maximum atomic E-state index is 12.1. The third-order valence-electron chi connectivity index (χ3n) is 3.23. The molecule has 1 N–H and O–H groups in total. The average Bonchev–Trinajstić information content (AvgIpc) is 2.79. The Labute approximate surface area is 115 Å². The number of hydrogen-bond acceptors (Lipinski definition) is 5. The second-order valence-electron chi connectivity index (χ2n) is 4.55. The Morgan fingerprint density at radius 3 is 2.70 bits per heavy atom. The minimum atomic E-state index is -0.615. The van der Waals surface area contributed by atoms with Gasteiger partial charge in [0.2, 0.25) is 0 Å². The van der Waals surface area contributed by atoms with E-state index in [0.29, 0.717) is 30.4 Å². The molecule has 1 aromatic rings. The van der Waals surface area contributed by atoms with Crippen LogP contribution in [0.1, 0.15) is 0 Å². The first-order chi connectivity index (χ1) is 9.65. The van der Waals surface area contributed by atoms with E-state index in [1.165, 1.54) is 11.9 Å². The Morgan fingerprint density at radius 1 is 1.25 bits per heavy atom. The van der Waals surface area contributed by atoms with Gasteiger partial charge in [0.1, 0.15) is 25.9 Å². The molecule has 0 radical (unpaired) electrons. The summed E-state index contributed by atoms with van der Waals surface area (Å²) in [5.41, 5.74) is 0.590. The highest BCUT2D eigenvalue weighted by Crippen LogP contribution is 2.32. The van der Waals surface area contributed by atoms with E-state index in [-0.39, 0.29) is 12.5 Å². The number of fused-ring (bicyclic) bond motifs is 1. The molecule has 7 heteroatoms. The quantitative estimate of drug-likeness (QED) is 0.867. The molecule has 0 aliphatic carbocycles. The number of hydrogen-bond donors (Lipinski definition) is 1. The van der Waals surface area contributed by atoms with Crippen LogP contribution in [0.3, 0.4) is 0 Å². The first-order valence-corrected chi connectivity index (χ1v) is 6.25. The predicted octanol–water partition coefficient (Wildman–Crippen LogP) is 0.847. The molecule has 2 aliphatic heterocycles. The number of amides is 2. The van der Waals surface area contributed by atoms with Crippen molar-refractivity contribution in [1.82, 2.24) is 4.90 Å². The molecule has 1 atom stereocenters. The summed E-state index contributed by atoms with van der Waals surface area (Å²) < 4.78 is 15.7. The van der Waals surface area contributed by atoms with Gasteiger partial charge >= 0.3 is 6.09 Å². The van der Waals surface area contributed by atoms with Gasteiger partial charge < -0.3 is 19.5 Å². The Morgan fingerprint density at radius 2 is 2.00 bits per heavy atom. The molecule has 1 aromatic carbocycles. The highest BCUT2D eigenvalue weighted by molar-refractivity contribution is 5.97. The fourth-order valence-electron chi connectivity index (χ4n) is 2.09. The van der Waals surface area contributed by atoms with Gasteiger partial charge in [0.05, 0.1) is 0 Å². The Balaban J connectivity index is 1.71. The minimum absolute atomic E-state index is 0.0612.